The lowest BCUT2D eigenvalue weighted by Gasteiger charge is -2.38. The number of hydrogen-bond acceptors (Lipinski definition) is 3. The Labute approximate surface area is 123 Å². The Morgan fingerprint density at radius 1 is 1.25 bits per heavy atom. The van der Waals surface area contributed by atoms with Gasteiger partial charge in [-0.1, -0.05) is 19.3 Å². The average molecular weight is 281 g/mol. The van der Waals surface area contributed by atoms with Crippen LogP contribution >= 0.6 is 0 Å². The highest BCUT2D eigenvalue weighted by molar-refractivity contribution is 5.77. The predicted molar refractivity (Wildman–Crippen MR) is 82.5 cm³/mol. The van der Waals surface area contributed by atoms with Crippen molar-refractivity contribution in [2.75, 3.05) is 33.7 Å². The van der Waals surface area contributed by atoms with Gasteiger partial charge in [0.1, 0.15) is 0 Å². The van der Waals surface area contributed by atoms with Gasteiger partial charge in [0.15, 0.2) is 0 Å². The molecule has 1 saturated heterocycles. The van der Waals surface area contributed by atoms with Gasteiger partial charge < -0.3 is 15.5 Å². The molecule has 1 aliphatic heterocycles. The molecule has 0 radical (unpaired) electrons. The highest BCUT2D eigenvalue weighted by Crippen LogP contribution is 2.39. The molecule has 2 aliphatic rings. The molecule has 0 aromatic heterocycles. The molecule has 1 heterocycles. The summed E-state index contributed by atoms with van der Waals surface area (Å²) >= 11 is 0. The van der Waals surface area contributed by atoms with Crippen LogP contribution in [-0.4, -0.2) is 55.5 Å². The fraction of sp³-hybridized carbons (Fsp3) is 0.938. The minimum atomic E-state index is 0.0978. The lowest BCUT2D eigenvalue weighted by atomic mass is 9.71. The van der Waals surface area contributed by atoms with E-state index in [1.807, 2.05) is 0 Å². The first-order valence-corrected chi connectivity index (χ1v) is 8.21. The standard InChI is InChI=1S/C16H31N3O/c1-18(2)12-14-7-6-10-19(14)15(20)11-16(13-17)8-4-3-5-9-16/h14H,3-13,17H2,1-2H3. The van der Waals surface area contributed by atoms with E-state index in [0.717, 1.165) is 38.8 Å². The summed E-state index contributed by atoms with van der Waals surface area (Å²) < 4.78 is 0. The van der Waals surface area contributed by atoms with Crippen LogP contribution in [0.5, 0.6) is 0 Å². The summed E-state index contributed by atoms with van der Waals surface area (Å²) in [6.45, 7) is 2.60. The van der Waals surface area contributed by atoms with Crippen LogP contribution in [0.25, 0.3) is 0 Å². The van der Waals surface area contributed by atoms with E-state index in [4.69, 9.17) is 5.73 Å². The molecule has 4 nitrogen and oxygen atoms in total. The van der Waals surface area contributed by atoms with Gasteiger partial charge in [0.25, 0.3) is 0 Å². The quantitative estimate of drug-likeness (QED) is 0.836. The molecule has 116 valence electrons. The molecule has 2 fully saturated rings. The zero-order valence-corrected chi connectivity index (χ0v) is 13.2. The third-order valence-electron chi connectivity index (χ3n) is 5.15. The zero-order valence-electron chi connectivity index (χ0n) is 13.2. The number of nitrogens with two attached hydrogens (primary N) is 1. The van der Waals surface area contributed by atoms with Gasteiger partial charge in [-0.25, -0.2) is 0 Å². The molecule has 0 aromatic carbocycles. The van der Waals surface area contributed by atoms with Crippen LogP contribution in [0, 0.1) is 5.41 Å². The van der Waals surface area contributed by atoms with Crippen LogP contribution in [0.4, 0.5) is 0 Å². The largest absolute Gasteiger partial charge is 0.338 e. The lowest BCUT2D eigenvalue weighted by molar-refractivity contribution is -0.135. The van der Waals surface area contributed by atoms with Crippen LogP contribution in [0.3, 0.4) is 0 Å². The maximum absolute atomic E-state index is 12.7. The number of carbonyl (C=O) groups is 1. The topological polar surface area (TPSA) is 49.6 Å². The molecule has 1 aliphatic carbocycles. The maximum Gasteiger partial charge on any atom is 0.223 e. The molecule has 0 aromatic rings. The van der Waals surface area contributed by atoms with Crippen molar-refractivity contribution in [2.24, 2.45) is 11.1 Å². The van der Waals surface area contributed by atoms with Crippen molar-refractivity contribution in [1.29, 1.82) is 0 Å². The smallest absolute Gasteiger partial charge is 0.223 e. The van der Waals surface area contributed by atoms with Crippen molar-refractivity contribution in [3.63, 3.8) is 0 Å². The first kappa shape index (κ1) is 15.8. The molecular formula is C16H31N3O. The molecule has 2 rings (SSSR count). The minimum absolute atomic E-state index is 0.0978. The highest BCUT2D eigenvalue weighted by atomic mass is 16.2. The van der Waals surface area contributed by atoms with Crippen molar-refractivity contribution >= 4 is 5.91 Å². The summed E-state index contributed by atoms with van der Waals surface area (Å²) in [6, 6.07) is 0.413. The normalized spacial score (nSPS) is 26.2. The third-order valence-corrected chi connectivity index (χ3v) is 5.15. The number of carbonyl (C=O) groups excluding carboxylic acids is 1. The van der Waals surface area contributed by atoms with Crippen molar-refractivity contribution in [3.05, 3.63) is 0 Å². The monoisotopic (exact) mass is 281 g/mol. The number of likely N-dealkylation sites (tertiary alicyclic amines) is 1. The second-order valence-corrected chi connectivity index (χ2v) is 7.09. The number of amides is 1. The van der Waals surface area contributed by atoms with Crippen LogP contribution in [0.1, 0.15) is 51.4 Å². The fourth-order valence-corrected chi connectivity index (χ4v) is 3.95. The molecule has 4 heteroatoms. The highest BCUT2D eigenvalue weighted by Gasteiger charge is 2.37. The molecule has 0 spiro atoms. The molecule has 1 unspecified atom stereocenters. The molecular weight excluding hydrogens is 250 g/mol. The Morgan fingerprint density at radius 3 is 2.55 bits per heavy atom. The van der Waals surface area contributed by atoms with Crippen molar-refractivity contribution < 1.29 is 4.79 Å². The summed E-state index contributed by atoms with van der Waals surface area (Å²) in [5, 5.41) is 0. The van der Waals surface area contributed by atoms with Crippen LogP contribution in [0.2, 0.25) is 0 Å². The molecule has 1 saturated carbocycles. The van der Waals surface area contributed by atoms with Gasteiger partial charge >= 0.3 is 0 Å². The Balaban J connectivity index is 1.95. The van der Waals surface area contributed by atoms with Crippen LogP contribution in [-0.2, 0) is 4.79 Å². The Bertz CT molecular complexity index is 324. The average Bonchev–Trinajstić information content (AvgIpc) is 2.87. The van der Waals surface area contributed by atoms with E-state index in [1.54, 1.807) is 0 Å². The number of likely N-dealkylation sites (N-methyl/N-ethyl adjacent to an activating group) is 1. The van der Waals surface area contributed by atoms with E-state index < -0.39 is 0 Å². The van der Waals surface area contributed by atoms with E-state index >= 15 is 0 Å². The van der Waals surface area contributed by atoms with E-state index in [2.05, 4.69) is 23.9 Å². The van der Waals surface area contributed by atoms with E-state index in [-0.39, 0.29) is 5.41 Å². The second kappa shape index (κ2) is 6.90. The van der Waals surface area contributed by atoms with Crippen LogP contribution < -0.4 is 5.73 Å². The van der Waals surface area contributed by atoms with Gasteiger partial charge in [-0.3, -0.25) is 4.79 Å². The van der Waals surface area contributed by atoms with Crippen molar-refractivity contribution in [1.82, 2.24) is 9.80 Å². The molecule has 20 heavy (non-hydrogen) atoms. The minimum Gasteiger partial charge on any atom is -0.338 e. The number of nitrogens with zero attached hydrogens (tertiary/aromatic N) is 2. The van der Waals surface area contributed by atoms with Gasteiger partial charge in [0.2, 0.25) is 5.91 Å². The van der Waals surface area contributed by atoms with Gasteiger partial charge in [-0.2, -0.15) is 0 Å². The van der Waals surface area contributed by atoms with E-state index in [9.17, 15) is 4.79 Å². The molecule has 0 bridgehead atoms. The van der Waals surface area contributed by atoms with Crippen LogP contribution in [0.15, 0.2) is 0 Å². The summed E-state index contributed by atoms with van der Waals surface area (Å²) in [5.41, 5.74) is 6.12. The van der Waals surface area contributed by atoms with E-state index in [0.29, 0.717) is 24.9 Å². The van der Waals surface area contributed by atoms with Crippen molar-refractivity contribution in [3.8, 4) is 0 Å². The molecule has 2 N–H and O–H groups in total. The fourth-order valence-electron chi connectivity index (χ4n) is 3.95. The second-order valence-electron chi connectivity index (χ2n) is 7.09. The first-order valence-electron chi connectivity index (χ1n) is 8.21. The van der Waals surface area contributed by atoms with Gasteiger partial charge in [0, 0.05) is 25.6 Å². The summed E-state index contributed by atoms with van der Waals surface area (Å²) in [7, 11) is 4.17. The van der Waals surface area contributed by atoms with Gasteiger partial charge in [0.05, 0.1) is 0 Å². The molecule has 1 atom stereocenters. The summed E-state index contributed by atoms with van der Waals surface area (Å²) in [5.74, 6) is 0.349. The Kier molecular flexibility index (Phi) is 5.44. The summed E-state index contributed by atoms with van der Waals surface area (Å²) in [6.07, 6.45) is 9.05. The lowest BCUT2D eigenvalue weighted by Crippen LogP contribution is -2.45. The maximum atomic E-state index is 12.7. The summed E-state index contributed by atoms with van der Waals surface area (Å²) in [4.78, 5) is 17.0. The van der Waals surface area contributed by atoms with Crippen molar-refractivity contribution in [2.45, 2.75) is 57.4 Å². The Hall–Kier alpha value is -0.610. The third kappa shape index (κ3) is 3.73. The first-order chi connectivity index (χ1) is 9.56. The molecule has 1 amide bonds. The van der Waals surface area contributed by atoms with Gasteiger partial charge in [-0.15, -0.1) is 0 Å². The Morgan fingerprint density at radius 2 is 1.95 bits per heavy atom. The van der Waals surface area contributed by atoms with Gasteiger partial charge in [-0.05, 0) is 51.7 Å². The number of hydrogen-bond donors (Lipinski definition) is 1. The zero-order chi connectivity index (χ0) is 14.6. The SMILES string of the molecule is CN(C)CC1CCCN1C(=O)CC1(CN)CCCCC1. The van der Waals surface area contributed by atoms with E-state index in [1.165, 1.54) is 19.3 Å². The predicted octanol–water partition coefficient (Wildman–Crippen LogP) is 1.84. The number of rotatable bonds is 5.